The molecule has 1 heterocycles. The highest BCUT2D eigenvalue weighted by Crippen LogP contribution is 2.30. The standard InChI is InChI=1S/C20H16ClN3/c1-13(15-10-9-14-5-2-3-6-16(14)11-15)24-20-19-17(21)7-4-8-18(19)22-12-23-20/h2-13H,1H3,(H,22,23,24)/t13-/m1/s1. The van der Waals surface area contributed by atoms with Crippen LogP contribution in [0.5, 0.6) is 0 Å². The Kier molecular flexibility index (Phi) is 3.79. The van der Waals surface area contributed by atoms with Crippen molar-refractivity contribution in [1.82, 2.24) is 9.97 Å². The van der Waals surface area contributed by atoms with Crippen molar-refractivity contribution in [1.29, 1.82) is 0 Å². The molecular weight excluding hydrogens is 318 g/mol. The maximum absolute atomic E-state index is 6.35. The SMILES string of the molecule is C[C@@H](Nc1ncnc2cccc(Cl)c12)c1ccc2ccccc2c1. The molecule has 4 aromatic rings. The maximum atomic E-state index is 6.35. The lowest BCUT2D eigenvalue weighted by Gasteiger charge is -2.17. The Morgan fingerprint density at radius 3 is 2.62 bits per heavy atom. The van der Waals surface area contributed by atoms with Gasteiger partial charge in [-0.15, -0.1) is 0 Å². The second kappa shape index (κ2) is 6.10. The molecule has 0 amide bonds. The lowest BCUT2D eigenvalue weighted by Crippen LogP contribution is -2.08. The molecule has 3 aromatic carbocycles. The molecule has 118 valence electrons. The van der Waals surface area contributed by atoms with E-state index in [2.05, 4.69) is 64.7 Å². The molecule has 0 aliphatic carbocycles. The monoisotopic (exact) mass is 333 g/mol. The molecule has 0 unspecified atom stereocenters. The van der Waals surface area contributed by atoms with E-state index in [1.165, 1.54) is 16.3 Å². The maximum Gasteiger partial charge on any atom is 0.139 e. The average Bonchev–Trinajstić information content (AvgIpc) is 2.61. The fourth-order valence-corrected chi connectivity index (χ4v) is 3.20. The van der Waals surface area contributed by atoms with E-state index >= 15 is 0 Å². The molecule has 0 aliphatic heterocycles. The summed E-state index contributed by atoms with van der Waals surface area (Å²) in [7, 11) is 0. The summed E-state index contributed by atoms with van der Waals surface area (Å²) in [5, 5.41) is 7.45. The Morgan fingerprint density at radius 1 is 0.917 bits per heavy atom. The van der Waals surface area contributed by atoms with Gasteiger partial charge in [-0.2, -0.15) is 0 Å². The highest BCUT2D eigenvalue weighted by Gasteiger charge is 2.12. The fraction of sp³-hybridized carbons (Fsp3) is 0.100. The van der Waals surface area contributed by atoms with Crippen LogP contribution >= 0.6 is 11.6 Å². The van der Waals surface area contributed by atoms with E-state index in [0.717, 1.165) is 16.7 Å². The van der Waals surface area contributed by atoms with Crippen molar-refractivity contribution in [2.75, 3.05) is 5.32 Å². The topological polar surface area (TPSA) is 37.8 Å². The number of nitrogens with zero attached hydrogens (tertiary/aromatic N) is 2. The van der Waals surface area contributed by atoms with Crippen molar-refractivity contribution in [2.24, 2.45) is 0 Å². The molecule has 0 saturated heterocycles. The minimum atomic E-state index is 0.101. The van der Waals surface area contributed by atoms with Crippen LogP contribution in [0.25, 0.3) is 21.7 Å². The minimum Gasteiger partial charge on any atom is -0.363 e. The Labute approximate surface area is 145 Å². The van der Waals surface area contributed by atoms with Crippen molar-refractivity contribution in [3.63, 3.8) is 0 Å². The summed E-state index contributed by atoms with van der Waals surface area (Å²) in [6.45, 7) is 2.12. The summed E-state index contributed by atoms with van der Waals surface area (Å²) in [6, 6.07) is 20.7. The first kappa shape index (κ1) is 14.9. The Morgan fingerprint density at radius 2 is 1.75 bits per heavy atom. The molecule has 24 heavy (non-hydrogen) atoms. The van der Waals surface area contributed by atoms with Gasteiger partial charge >= 0.3 is 0 Å². The van der Waals surface area contributed by atoms with Gasteiger partial charge < -0.3 is 5.32 Å². The van der Waals surface area contributed by atoms with Gasteiger partial charge in [0.25, 0.3) is 0 Å². The summed E-state index contributed by atoms with van der Waals surface area (Å²) < 4.78 is 0. The number of aromatic nitrogens is 2. The largest absolute Gasteiger partial charge is 0.363 e. The van der Waals surface area contributed by atoms with Gasteiger partial charge in [-0.3, -0.25) is 0 Å². The Balaban J connectivity index is 1.72. The van der Waals surface area contributed by atoms with Crippen LogP contribution in [0.2, 0.25) is 5.02 Å². The number of halogens is 1. The zero-order valence-corrected chi connectivity index (χ0v) is 14.0. The quantitative estimate of drug-likeness (QED) is 0.529. The van der Waals surface area contributed by atoms with E-state index in [1.54, 1.807) is 6.33 Å². The van der Waals surface area contributed by atoms with Crippen LogP contribution in [0.1, 0.15) is 18.5 Å². The molecule has 1 aromatic heterocycles. The van der Waals surface area contributed by atoms with Crippen molar-refractivity contribution < 1.29 is 0 Å². The summed E-state index contributed by atoms with van der Waals surface area (Å²) in [6.07, 6.45) is 1.56. The number of fused-ring (bicyclic) bond motifs is 2. The molecule has 1 atom stereocenters. The number of hydrogen-bond acceptors (Lipinski definition) is 3. The lowest BCUT2D eigenvalue weighted by atomic mass is 10.0. The summed E-state index contributed by atoms with van der Waals surface area (Å²) in [5.74, 6) is 0.756. The highest BCUT2D eigenvalue weighted by molar-refractivity contribution is 6.36. The van der Waals surface area contributed by atoms with E-state index in [0.29, 0.717) is 5.02 Å². The third-order valence-electron chi connectivity index (χ3n) is 4.24. The predicted octanol–water partition coefficient (Wildman–Crippen LogP) is 5.61. The summed E-state index contributed by atoms with van der Waals surface area (Å²) >= 11 is 6.35. The van der Waals surface area contributed by atoms with E-state index in [1.807, 2.05) is 18.2 Å². The zero-order chi connectivity index (χ0) is 16.5. The van der Waals surface area contributed by atoms with Crippen LogP contribution in [-0.2, 0) is 0 Å². The van der Waals surface area contributed by atoms with Gasteiger partial charge in [0.15, 0.2) is 0 Å². The van der Waals surface area contributed by atoms with E-state index < -0.39 is 0 Å². The van der Waals surface area contributed by atoms with Crippen LogP contribution < -0.4 is 5.32 Å². The summed E-state index contributed by atoms with van der Waals surface area (Å²) in [4.78, 5) is 8.68. The van der Waals surface area contributed by atoms with E-state index in [9.17, 15) is 0 Å². The van der Waals surface area contributed by atoms with Gasteiger partial charge in [-0.1, -0.05) is 54.1 Å². The van der Waals surface area contributed by atoms with Gasteiger partial charge in [0, 0.05) is 6.04 Å². The number of nitrogens with one attached hydrogen (secondary N) is 1. The van der Waals surface area contributed by atoms with Crippen LogP contribution in [0.3, 0.4) is 0 Å². The molecule has 0 radical (unpaired) electrons. The Hall–Kier alpha value is -2.65. The Bertz CT molecular complexity index is 1020. The summed E-state index contributed by atoms with van der Waals surface area (Å²) in [5.41, 5.74) is 2.04. The first-order valence-electron chi connectivity index (χ1n) is 7.87. The second-order valence-corrected chi connectivity index (χ2v) is 6.24. The van der Waals surface area contributed by atoms with Gasteiger partial charge in [-0.25, -0.2) is 9.97 Å². The van der Waals surface area contributed by atoms with Crippen LogP contribution in [0, 0.1) is 0 Å². The fourth-order valence-electron chi connectivity index (χ4n) is 2.94. The van der Waals surface area contributed by atoms with Crippen LogP contribution in [-0.4, -0.2) is 9.97 Å². The number of hydrogen-bond donors (Lipinski definition) is 1. The molecule has 0 fully saturated rings. The number of benzene rings is 3. The van der Waals surface area contributed by atoms with E-state index in [4.69, 9.17) is 11.6 Å². The molecule has 4 heteroatoms. The van der Waals surface area contributed by atoms with Crippen LogP contribution in [0.4, 0.5) is 5.82 Å². The number of rotatable bonds is 3. The first-order valence-corrected chi connectivity index (χ1v) is 8.24. The first-order chi connectivity index (χ1) is 11.7. The van der Waals surface area contributed by atoms with Crippen molar-refractivity contribution in [3.8, 4) is 0 Å². The van der Waals surface area contributed by atoms with Crippen molar-refractivity contribution >= 4 is 39.1 Å². The highest BCUT2D eigenvalue weighted by atomic mass is 35.5. The molecule has 0 saturated carbocycles. The molecule has 3 nitrogen and oxygen atoms in total. The molecule has 4 rings (SSSR count). The predicted molar refractivity (Wildman–Crippen MR) is 101 cm³/mol. The normalized spacial score (nSPS) is 12.4. The minimum absolute atomic E-state index is 0.101. The van der Waals surface area contributed by atoms with Crippen molar-refractivity contribution in [3.05, 3.63) is 77.6 Å². The molecule has 0 bridgehead atoms. The smallest absolute Gasteiger partial charge is 0.139 e. The van der Waals surface area contributed by atoms with Crippen molar-refractivity contribution in [2.45, 2.75) is 13.0 Å². The van der Waals surface area contributed by atoms with Gasteiger partial charge in [-0.05, 0) is 41.5 Å². The lowest BCUT2D eigenvalue weighted by molar-refractivity contribution is 0.878. The average molecular weight is 334 g/mol. The van der Waals surface area contributed by atoms with Gasteiger partial charge in [0.1, 0.15) is 12.1 Å². The van der Waals surface area contributed by atoms with E-state index in [-0.39, 0.29) is 6.04 Å². The molecule has 0 spiro atoms. The second-order valence-electron chi connectivity index (χ2n) is 5.83. The zero-order valence-electron chi connectivity index (χ0n) is 13.2. The van der Waals surface area contributed by atoms with Gasteiger partial charge in [0.05, 0.1) is 15.9 Å². The molecule has 0 aliphatic rings. The van der Waals surface area contributed by atoms with Crippen LogP contribution in [0.15, 0.2) is 67.0 Å². The number of anilines is 1. The molecular formula is C20H16ClN3. The third-order valence-corrected chi connectivity index (χ3v) is 4.55. The third kappa shape index (κ3) is 2.68. The molecule has 1 N–H and O–H groups in total. The van der Waals surface area contributed by atoms with Gasteiger partial charge in [0.2, 0.25) is 0 Å².